The number of amides is 1. The largest absolute Gasteiger partial charge is 0.356 e. The predicted octanol–water partition coefficient (Wildman–Crippen LogP) is 3.61. The van der Waals surface area contributed by atoms with Crippen LogP contribution in [0, 0.1) is 16.0 Å². The monoisotopic (exact) mass is 404 g/mol. The number of aromatic nitrogens is 1. The zero-order chi connectivity index (χ0) is 17.8. The normalized spacial score (nSPS) is 17.2. The molecule has 0 spiro atoms. The third-order valence-electron chi connectivity index (χ3n) is 4.17. The van der Waals surface area contributed by atoms with Crippen molar-refractivity contribution in [2.24, 2.45) is 5.92 Å². The van der Waals surface area contributed by atoms with Gasteiger partial charge in [-0.1, -0.05) is 15.9 Å². The maximum atomic E-state index is 12.5. The third-order valence-corrected chi connectivity index (χ3v) is 4.70. The predicted molar refractivity (Wildman–Crippen MR) is 98.6 cm³/mol. The number of carbonyl (C=O) groups excluding carboxylic acids is 1. The van der Waals surface area contributed by atoms with Crippen molar-refractivity contribution in [2.75, 3.05) is 23.3 Å². The lowest BCUT2D eigenvalue weighted by molar-refractivity contribution is -0.385. The minimum Gasteiger partial charge on any atom is -0.356 e. The highest BCUT2D eigenvalue weighted by Crippen LogP contribution is 2.24. The molecule has 1 aromatic heterocycles. The van der Waals surface area contributed by atoms with E-state index in [0.717, 1.165) is 29.5 Å². The number of carbonyl (C=O) groups is 1. The Hall–Kier alpha value is -2.48. The van der Waals surface area contributed by atoms with Gasteiger partial charge in [-0.05, 0) is 43.2 Å². The van der Waals surface area contributed by atoms with Crippen molar-refractivity contribution in [3.8, 4) is 0 Å². The molecule has 1 atom stereocenters. The molecule has 1 aliphatic heterocycles. The molecule has 1 saturated heterocycles. The molecule has 2 heterocycles. The van der Waals surface area contributed by atoms with Crippen molar-refractivity contribution in [3.05, 3.63) is 57.2 Å². The van der Waals surface area contributed by atoms with Gasteiger partial charge >= 0.3 is 0 Å². The van der Waals surface area contributed by atoms with Crippen molar-refractivity contribution in [2.45, 2.75) is 12.8 Å². The zero-order valence-electron chi connectivity index (χ0n) is 13.4. The molecule has 1 amide bonds. The molecule has 0 bridgehead atoms. The average Bonchev–Trinajstić information content (AvgIpc) is 2.64. The first-order chi connectivity index (χ1) is 12.0. The number of anilines is 2. The summed E-state index contributed by atoms with van der Waals surface area (Å²) >= 11 is 3.37. The number of halogens is 1. The van der Waals surface area contributed by atoms with E-state index in [-0.39, 0.29) is 17.5 Å². The third kappa shape index (κ3) is 4.33. The number of nitrogens with one attached hydrogen (secondary N) is 1. The van der Waals surface area contributed by atoms with Crippen molar-refractivity contribution in [3.63, 3.8) is 0 Å². The van der Waals surface area contributed by atoms with Gasteiger partial charge in [-0.25, -0.2) is 4.98 Å². The molecule has 0 radical (unpaired) electrons. The highest BCUT2D eigenvalue weighted by molar-refractivity contribution is 9.10. The minimum atomic E-state index is -0.471. The van der Waals surface area contributed by atoms with Crippen LogP contribution in [-0.4, -0.2) is 28.9 Å². The summed E-state index contributed by atoms with van der Waals surface area (Å²) in [5, 5.41) is 13.7. The first-order valence-electron chi connectivity index (χ1n) is 7.95. The lowest BCUT2D eigenvalue weighted by Gasteiger charge is -2.32. The Bertz CT molecular complexity index is 764. The first-order valence-corrected chi connectivity index (χ1v) is 8.74. The van der Waals surface area contributed by atoms with E-state index < -0.39 is 4.92 Å². The van der Waals surface area contributed by atoms with Gasteiger partial charge in [-0.2, -0.15) is 0 Å². The van der Waals surface area contributed by atoms with Gasteiger partial charge in [-0.15, -0.1) is 0 Å². The summed E-state index contributed by atoms with van der Waals surface area (Å²) in [5.74, 6) is 0.495. The molecular weight excluding hydrogens is 388 g/mol. The lowest BCUT2D eigenvalue weighted by atomic mass is 9.97. The molecule has 1 unspecified atom stereocenters. The number of piperidine rings is 1. The van der Waals surface area contributed by atoms with Crippen LogP contribution in [0.2, 0.25) is 0 Å². The number of rotatable bonds is 4. The van der Waals surface area contributed by atoms with Crippen molar-refractivity contribution >= 4 is 39.0 Å². The van der Waals surface area contributed by atoms with Crippen molar-refractivity contribution in [1.29, 1.82) is 0 Å². The molecule has 1 fully saturated rings. The quantitative estimate of drug-likeness (QED) is 0.620. The summed E-state index contributed by atoms with van der Waals surface area (Å²) in [4.78, 5) is 28.9. The van der Waals surface area contributed by atoms with E-state index in [0.29, 0.717) is 12.4 Å². The maximum absolute atomic E-state index is 12.5. The molecule has 2 aromatic rings. The van der Waals surface area contributed by atoms with Gasteiger partial charge in [0.05, 0.1) is 10.8 Å². The molecule has 0 saturated carbocycles. The number of nitrogens with zero attached hydrogens (tertiary/aromatic N) is 3. The Morgan fingerprint density at radius 1 is 1.28 bits per heavy atom. The highest BCUT2D eigenvalue weighted by atomic mass is 79.9. The summed E-state index contributed by atoms with van der Waals surface area (Å²) < 4.78 is 0.957. The van der Waals surface area contributed by atoms with Crippen LogP contribution in [-0.2, 0) is 4.79 Å². The zero-order valence-corrected chi connectivity index (χ0v) is 15.0. The van der Waals surface area contributed by atoms with E-state index >= 15 is 0 Å². The van der Waals surface area contributed by atoms with Crippen LogP contribution in [0.4, 0.5) is 17.2 Å². The first kappa shape index (κ1) is 17.3. The second kappa shape index (κ2) is 7.60. The molecule has 25 heavy (non-hydrogen) atoms. The van der Waals surface area contributed by atoms with E-state index in [4.69, 9.17) is 0 Å². The number of hydrogen-bond acceptors (Lipinski definition) is 5. The standard InChI is InChI=1S/C17H17BrN4O3/c18-13-3-5-14(6-4-13)20-17(23)12-2-1-9-21(11-12)16-8-7-15(10-19-16)22(24)25/h3-8,10,12H,1-2,9,11H2,(H,20,23). The van der Waals surface area contributed by atoms with Crippen LogP contribution in [0.5, 0.6) is 0 Å². The van der Waals surface area contributed by atoms with Crippen LogP contribution in [0.25, 0.3) is 0 Å². The maximum Gasteiger partial charge on any atom is 0.287 e. The van der Waals surface area contributed by atoms with Gasteiger partial charge in [0, 0.05) is 29.3 Å². The fourth-order valence-corrected chi connectivity index (χ4v) is 3.11. The minimum absolute atomic E-state index is 0.0195. The smallest absolute Gasteiger partial charge is 0.287 e. The lowest BCUT2D eigenvalue weighted by Crippen LogP contribution is -2.41. The SMILES string of the molecule is O=C(Nc1ccc(Br)cc1)C1CCCN(c2ccc([N+](=O)[O-])cn2)C1. The highest BCUT2D eigenvalue weighted by Gasteiger charge is 2.26. The van der Waals surface area contributed by atoms with Crippen LogP contribution < -0.4 is 10.2 Å². The number of hydrogen-bond donors (Lipinski definition) is 1. The molecule has 0 aliphatic carbocycles. The molecule has 1 aromatic carbocycles. The molecule has 8 heteroatoms. The van der Waals surface area contributed by atoms with E-state index in [1.54, 1.807) is 6.07 Å². The van der Waals surface area contributed by atoms with Crippen molar-refractivity contribution < 1.29 is 9.72 Å². The molecule has 1 aliphatic rings. The summed E-state index contributed by atoms with van der Waals surface area (Å²) in [6.07, 6.45) is 2.93. The van der Waals surface area contributed by atoms with Gasteiger partial charge in [0.15, 0.2) is 0 Å². The fourth-order valence-electron chi connectivity index (χ4n) is 2.85. The summed E-state index contributed by atoms with van der Waals surface area (Å²) in [6, 6.07) is 10.5. The number of pyridine rings is 1. The average molecular weight is 405 g/mol. The van der Waals surface area contributed by atoms with Crippen LogP contribution >= 0.6 is 15.9 Å². The second-order valence-corrected chi connectivity index (χ2v) is 6.83. The van der Waals surface area contributed by atoms with Gasteiger partial charge < -0.3 is 10.2 Å². The molecule has 130 valence electrons. The molecule has 1 N–H and O–H groups in total. The molecular formula is C17H17BrN4O3. The van der Waals surface area contributed by atoms with Crippen LogP contribution in [0.1, 0.15) is 12.8 Å². The Labute approximate surface area is 153 Å². The van der Waals surface area contributed by atoms with E-state index in [1.165, 1.54) is 12.3 Å². The van der Waals surface area contributed by atoms with E-state index in [2.05, 4.69) is 26.2 Å². The van der Waals surface area contributed by atoms with Gasteiger partial charge in [0.1, 0.15) is 12.0 Å². The van der Waals surface area contributed by atoms with Crippen LogP contribution in [0.15, 0.2) is 47.1 Å². The van der Waals surface area contributed by atoms with Gasteiger partial charge in [0.2, 0.25) is 5.91 Å². The Morgan fingerprint density at radius 2 is 2.04 bits per heavy atom. The summed E-state index contributed by atoms with van der Waals surface area (Å²) in [6.45, 7) is 1.33. The Kier molecular flexibility index (Phi) is 5.28. The topological polar surface area (TPSA) is 88.4 Å². The van der Waals surface area contributed by atoms with E-state index in [1.807, 2.05) is 29.2 Å². The van der Waals surface area contributed by atoms with Crippen LogP contribution in [0.3, 0.4) is 0 Å². The number of nitro groups is 1. The number of benzene rings is 1. The van der Waals surface area contributed by atoms with E-state index in [9.17, 15) is 14.9 Å². The van der Waals surface area contributed by atoms with Crippen molar-refractivity contribution in [1.82, 2.24) is 4.98 Å². The van der Waals surface area contributed by atoms with Gasteiger partial charge in [-0.3, -0.25) is 14.9 Å². The molecule has 3 rings (SSSR count). The summed E-state index contributed by atoms with van der Waals surface area (Å²) in [5.41, 5.74) is 0.726. The van der Waals surface area contributed by atoms with Gasteiger partial charge in [0.25, 0.3) is 5.69 Å². The second-order valence-electron chi connectivity index (χ2n) is 5.91. The summed E-state index contributed by atoms with van der Waals surface area (Å²) in [7, 11) is 0. The Balaban J connectivity index is 1.64. The Morgan fingerprint density at radius 3 is 2.68 bits per heavy atom. The molecule has 7 nitrogen and oxygen atoms in total. The fraction of sp³-hybridized carbons (Fsp3) is 0.294.